The number of oxazole rings is 1. The highest BCUT2D eigenvalue weighted by molar-refractivity contribution is 7.15. The van der Waals surface area contributed by atoms with Crippen molar-refractivity contribution in [3.05, 3.63) is 118 Å². The topological polar surface area (TPSA) is 123 Å². The summed E-state index contributed by atoms with van der Waals surface area (Å²) in [5.74, 6) is 2.13. The number of rotatable bonds is 13. The van der Waals surface area contributed by atoms with Gasteiger partial charge >= 0.3 is 5.97 Å². The van der Waals surface area contributed by atoms with Crippen molar-refractivity contribution in [1.82, 2.24) is 19.7 Å². The van der Waals surface area contributed by atoms with Crippen molar-refractivity contribution in [2.45, 2.75) is 27.1 Å². The van der Waals surface area contributed by atoms with Gasteiger partial charge < -0.3 is 33.0 Å². The van der Waals surface area contributed by atoms with E-state index in [-0.39, 0.29) is 13.2 Å². The fourth-order valence-electron chi connectivity index (χ4n) is 5.72. The van der Waals surface area contributed by atoms with Crippen molar-refractivity contribution in [2.24, 2.45) is 0 Å². The summed E-state index contributed by atoms with van der Waals surface area (Å²) in [6, 6.07) is 22.5. The van der Waals surface area contributed by atoms with Crippen LogP contribution in [0.4, 0.5) is 5.13 Å². The molecule has 3 aromatic carbocycles. The summed E-state index contributed by atoms with van der Waals surface area (Å²) in [6.45, 7) is 7.42. The Morgan fingerprint density at radius 1 is 0.906 bits per heavy atom. The zero-order valence-electron chi connectivity index (χ0n) is 29.9. The van der Waals surface area contributed by atoms with Crippen LogP contribution in [-0.2, 0) is 22.7 Å². The molecule has 0 N–H and O–H groups in total. The number of ether oxygens (including phenoxy) is 5. The maximum atomic E-state index is 12.0. The predicted molar refractivity (Wildman–Crippen MR) is 202 cm³/mol. The lowest BCUT2D eigenvalue weighted by atomic mass is 10.1. The van der Waals surface area contributed by atoms with E-state index in [2.05, 4.69) is 16.8 Å². The molecule has 1 aliphatic rings. The lowest BCUT2D eigenvalue weighted by Crippen LogP contribution is -2.36. The van der Waals surface area contributed by atoms with Gasteiger partial charge in [-0.3, -0.25) is 0 Å². The number of methoxy groups -OCH3 is 2. The van der Waals surface area contributed by atoms with Gasteiger partial charge in [0, 0.05) is 29.7 Å². The predicted octanol–water partition coefficient (Wildman–Crippen LogP) is 7.56. The van der Waals surface area contributed by atoms with Crippen LogP contribution in [0.5, 0.6) is 17.4 Å². The number of thiazole rings is 1. The number of aromatic nitrogens is 4. The number of aryl methyl sites for hydroxylation is 2. The van der Waals surface area contributed by atoms with Crippen LogP contribution in [0.25, 0.3) is 29.3 Å². The molecule has 6 aromatic rings. The zero-order valence-corrected chi connectivity index (χ0v) is 30.7. The van der Waals surface area contributed by atoms with Crippen molar-refractivity contribution in [3.63, 3.8) is 0 Å². The van der Waals surface area contributed by atoms with Crippen LogP contribution in [0.2, 0.25) is 0 Å². The van der Waals surface area contributed by atoms with E-state index in [0.29, 0.717) is 59.1 Å². The minimum atomic E-state index is -0.432. The second kappa shape index (κ2) is 16.2. The first-order chi connectivity index (χ1) is 25.9. The highest BCUT2D eigenvalue weighted by Gasteiger charge is 2.18. The zero-order chi connectivity index (χ0) is 36.7. The molecule has 1 fully saturated rings. The summed E-state index contributed by atoms with van der Waals surface area (Å²) in [4.78, 5) is 24.9. The smallest absolute Gasteiger partial charge is 0.337 e. The lowest BCUT2D eigenvalue weighted by molar-refractivity contribution is 0.0600. The minimum Gasteiger partial charge on any atom is -0.493 e. The van der Waals surface area contributed by atoms with Gasteiger partial charge in [0.15, 0.2) is 16.6 Å². The van der Waals surface area contributed by atoms with E-state index in [4.69, 9.17) is 38.2 Å². The first-order valence-electron chi connectivity index (χ1n) is 17.1. The molecule has 4 heterocycles. The van der Waals surface area contributed by atoms with Crippen LogP contribution in [0.1, 0.15) is 43.5 Å². The van der Waals surface area contributed by atoms with E-state index >= 15 is 0 Å². The molecule has 0 bridgehead atoms. The number of carbonyl (C=O) groups is 1. The molecule has 12 nitrogen and oxygen atoms in total. The second-order valence-electron chi connectivity index (χ2n) is 12.2. The van der Waals surface area contributed by atoms with Gasteiger partial charge in [-0.05, 0) is 74.0 Å². The summed E-state index contributed by atoms with van der Waals surface area (Å²) in [6.07, 6.45) is 5.97. The van der Waals surface area contributed by atoms with Crippen molar-refractivity contribution in [2.75, 3.05) is 45.4 Å². The Morgan fingerprint density at radius 3 is 2.53 bits per heavy atom. The number of esters is 1. The summed E-state index contributed by atoms with van der Waals surface area (Å²) >= 11 is 1.69. The van der Waals surface area contributed by atoms with E-state index in [1.165, 1.54) is 7.11 Å². The second-order valence-corrected chi connectivity index (χ2v) is 13.4. The number of hydrogen-bond acceptors (Lipinski definition) is 12. The molecule has 0 aliphatic carbocycles. The van der Waals surface area contributed by atoms with Crippen LogP contribution in [-0.4, -0.2) is 66.2 Å². The number of nitrogens with zero attached hydrogens (tertiary/aromatic N) is 5. The first kappa shape index (κ1) is 35.5. The van der Waals surface area contributed by atoms with E-state index in [9.17, 15) is 4.79 Å². The lowest BCUT2D eigenvalue weighted by Gasteiger charge is -2.25. The van der Waals surface area contributed by atoms with Gasteiger partial charge in [-0.1, -0.05) is 30.3 Å². The van der Waals surface area contributed by atoms with E-state index in [0.717, 1.165) is 45.6 Å². The van der Waals surface area contributed by atoms with Gasteiger partial charge in [-0.25, -0.2) is 19.4 Å². The number of morpholine rings is 1. The van der Waals surface area contributed by atoms with E-state index in [1.807, 2.05) is 84.6 Å². The Morgan fingerprint density at radius 2 is 1.74 bits per heavy atom. The third-order valence-corrected chi connectivity index (χ3v) is 9.69. The molecule has 1 aliphatic heterocycles. The van der Waals surface area contributed by atoms with Crippen LogP contribution in [0.3, 0.4) is 0 Å². The maximum Gasteiger partial charge on any atom is 0.337 e. The molecule has 0 atom stereocenters. The molecular formula is C40H39N5O7S. The summed E-state index contributed by atoms with van der Waals surface area (Å²) < 4.78 is 36.2. The first-order valence-corrected chi connectivity index (χ1v) is 17.9. The summed E-state index contributed by atoms with van der Waals surface area (Å²) in [7, 11) is 2.94. The molecule has 272 valence electrons. The van der Waals surface area contributed by atoms with Gasteiger partial charge in [0.2, 0.25) is 11.8 Å². The van der Waals surface area contributed by atoms with Crippen molar-refractivity contribution in [1.29, 1.82) is 0 Å². The Balaban J connectivity index is 1.05. The highest BCUT2D eigenvalue weighted by Crippen LogP contribution is 2.32. The minimum absolute atomic E-state index is 0.150. The largest absolute Gasteiger partial charge is 0.493 e. The van der Waals surface area contributed by atoms with E-state index in [1.54, 1.807) is 36.6 Å². The number of para-hydroxylation sites is 1. The maximum absolute atomic E-state index is 12.0. The number of benzene rings is 3. The third-order valence-electron chi connectivity index (χ3n) is 8.64. The Bertz CT molecular complexity index is 2220. The number of anilines is 1. The quantitative estimate of drug-likeness (QED) is 0.109. The van der Waals surface area contributed by atoms with Crippen molar-refractivity contribution < 1.29 is 32.9 Å². The van der Waals surface area contributed by atoms with Crippen molar-refractivity contribution >= 4 is 34.6 Å². The van der Waals surface area contributed by atoms with Crippen LogP contribution in [0, 0.1) is 13.8 Å². The molecule has 0 radical (unpaired) electrons. The van der Waals surface area contributed by atoms with Gasteiger partial charge in [-0.15, -0.1) is 16.4 Å². The normalized spacial score (nSPS) is 13.0. The van der Waals surface area contributed by atoms with Crippen LogP contribution >= 0.6 is 11.3 Å². The van der Waals surface area contributed by atoms with Gasteiger partial charge in [0.05, 0.1) is 49.9 Å². The Labute approximate surface area is 311 Å². The summed E-state index contributed by atoms with van der Waals surface area (Å²) in [5, 5.41) is 5.80. The number of hydrogen-bond donors (Lipinski definition) is 0. The molecule has 0 spiro atoms. The molecule has 0 saturated carbocycles. The molecule has 3 aromatic heterocycles. The SMILES string of the molecule is COC(=O)c1cccc(-c2nc(COc3ccc(COc4nn(-c5ccccc5)cc4/C=C/c4nc(N5CCOCC5)sc4C)cc3OC)c(C)o2)c1. The molecule has 0 unspecified atom stereocenters. The fraction of sp³-hybridized carbons (Fsp3) is 0.250. The molecular weight excluding hydrogens is 695 g/mol. The standard InChI is InChI=1S/C40H39N5O7S/c1-26-34(41-37(52-26)29-9-8-10-30(22-29)39(46)48-4)25-50-35-16-13-28(21-36(35)47-3)24-51-38-31(23-45(43-38)32-11-6-5-7-12-32)14-15-33-27(2)53-40(42-33)44-17-19-49-20-18-44/h5-16,21-23H,17-20,24-25H2,1-4H3/b15-14+. The average molecular weight is 734 g/mol. The van der Waals surface area contributed by atoms with Gasteiger partial charge in [0.25, 0.3) is 0 Å². The highest BCUT2D eigenvalue weighted by atomic mass is 32.1. The van der Waals surface area contributed by atoms with Crippen LogP contribution in [0.15, 0.2) is 83.4 Å². The average Bonchev–Trinajstić information content (AvgIpc) is 3.91. The molecule has 53 heavy (non-hydrogen) atoms. The molecule has 0 amide bonds. The molecule has 13 heteroatoms. The molecule has 1 saturated heterocycles. The van der Waals surface area contributed by atoms with Crippen molar-refractivity contribution in [3.8, 4) is 34.5 Å². The molecule has 7 rings (SSSR count). The van der Waals surface area contributed by atoms with Gasteiger partial charge in [-0.2, -0.15) is 0 Å². The Kier molecular flexibility index (Phi) is 10.8. The monoisotopic (exact) mass is 733 g/mol. The Hall–Kier alpha value is -5.92. The van der Waals surface area contributed by atoms with Crippen LogP contribution < -0.4 is 19.1 Å². The van der Waals surface area contributed by atoms with E-state index < -0.39 is 5.97 Å². The van der Waals surface area contributed by atoms with Gasteiger partial charge in [0.1, 0.15) is 24.7 Å². The number of carbonyl (C=O) groups excluding carboxylic acids is 1. The summed E-state index contributed by atoms with van der Waals surface area (Å²) in [5.41, 5.74) is 5.22. The third kappa shape index (κ3) is 8.27. The fourth-order valence-corrected chi connectivity index (χ4v) is 6.67.